The molecule has 1 saturated heterocycles. The molecule has 1 rings (SSSR count). The fourth-order valence-corrected chi connectivity index (χ4v) is 1.94. The van der Waals surface area contributed by atoms with E-state index < -0.39 is 0 Å². The van der Waals surface area contributed by atoms with Gasteiger partial charge in [-0.15, -0.1) is 0 Å². The molecule has 1 aliphatic heterocycles. The Kier molecular flexibility index (Phi) is 3.13. The Morgan fingerprint density at radius 2 is 1.93 bits per heavy atom. The van der Waals surface area contributed by atoms with Gasteiger partial charge < -0.3 is 9.80 Å². The molecule has 1 fully saturated rings. The highest BCUT2D eigenvalue weighted by atomic mass is 16.2. The van der Waals surface area contributed by atoms with Gasteiger partial charge in [0, 0.05) is 27.6 Å². The van der Waals surface area contributed by atoms with Gasteiger partial charge in [-0.25, -0.2) is 0 Å². The van der Waals surface area contributed by atoms with Crippen molar-refractivity contribution in [2.45, 2.75) is 26.3 Å². The van der Waals surface area contributed by atoms with Crippen LogP contribution < -0.4 is 0 Å². The fraction of sp³-hybridized carbons (Fsp3) is 0.800. The van der Waals surface area contributed by atoms with Gasteiger partial charge in [0.1, 0.15) is 6.04 Å². The van der Waals surface area contributed by atoms with Gasteiger partial charge in [0.25, 0.3) is 0 Å². The van der Waals surface area contributed by atoms with Crippen LogP contribution in [0.4, 0.5) is 0 Å². The van der Waals surface area contributed by atoms with Crippen LogP contribution in [0.15, 0.2) is 0 Å². The molecule has 4 nitrogen and oxygen atoms in total. The van der Waals surface area contributed by atoms with E-state index in [2.05, 4.69) is 0 Å². The fourth-order valence-electron chi connectivity index (χ4n) is 1.94. The molecule has 0 aromatic rings. The molecule has 0 N–H and O–H groups in total. The van der Waals surface area contributed by atoms with E-state index in [1.165, 1.54) is 6.92 Å². The Labute approximate surface area is 84.9 Å². The van der Waals surface area contributed by atoms with E-state index in [1.54, 1.807) is 23.9 Å². The van der Waals surface area contributed by atoms with Crippen molar-refractivity contribution in [1.29, 1.82) is 0 Å². The van der Waals surface area contributed by atoms with Crippen LogP contribution in [0.3, 0.4) is 0 Å². The minimum Gasteiger partial charge on any atom is -0.347 e. The van der Waals surface area contributed by atoms with Gasteiger partial charge in [0.2, 0.25) is 11.8 Å². The average molecular weight is 198 g/mol. The zero-order valence-electron chi connectivity index (χ0n) is 9.28. The highest BCUT2D eigenvalue weighted by Gasteiger charge is 2.38. The zero-order chi connectivity index (χ0) is 10.9. The maximum Gasteiger partial charge on any atom is 0.245 e. The van der Waals surface area contributed by atoms with Crippen molar-refractivity contribution in [1.82, 2.24) is 9.80 Å². The summed E-state index contributed by atoms with van der Waals surface area (Å²) in [5.41, 5.74) is 0. The van der Waals surface area contributed by atoms with E-state index in [0.29, 0.717) is 6.54 Å². The first-order valence-electron chi connectivity index (χ1n) is 4.93. The number of hydrogen-bond donors (Lipinski definition) is 0. The summed E-state index contributed by atoms with van der Waals surface area (Å²) in [6.45, 7) is 4.25. The van der Waals surface area contributed by atoms with Crippen LogP contribution >= 0.6 is 0 Å². The number of rotatable bonds is 1. The largest absolute Gasteiger partial charge is 0.347 e. The molecule has 0 saturated carbocycles. The van der Waals surface area contributed by atoms with E-state index in [4.69, 9.17) is 0 Å². The third-order valence-corrected chi connectivity index (χ3v) is 2.80. The molecule has 14 heavy (non-hydrogen) atoms. The van der Waals surface area contributed by atoms with Crippen molar-refractivity contribution in [3.05, 3.63) is 0 Å². The highest BCUT2D eigenvalue weighted by Crippen LogP contribution is 2.24. The zero-order valence-corrected chi connectivity index (χ0v) is 9.28. The first-order valence-corrected chi connectivity index (χ1v) is 4.93. The minimum absolute atomic E-state index is 0.00505. The van der Waals surface area contributed by atoms with E-state index in [9.17, 15) is 9.59 Å². The summed E-state index contributed by atoms with van der Waals surface area (Å²) in [6, 6.07) is -0.248. The molecule has 0 aliphatic carbocycles. The van der Waals surface area contributed by atoms with Gasteiger partial charge in [-0.1, -0.05) is 6.92 Å². The highest BCUT2D eigenvalue weighted by molar-refractivity contribution is 5.87. The van der Waals surface area contributed by atoms with E-state index >= 15 is 0 Å². The lowest BCUT2D eigenvalue weighted by Gasteiger charge is -2.27. The monoisotopic (exact) mass is 198 g/mol. The number of carbonyl (C=O) groups is 2. The Bertz CT molecular complexity index is 251. The smallest absolute Gasteiger partial charge is 0.245 e. The molecule has 0 bridgehead atoms. The second-order valence-electron chi connectivity index (χ2n) is 4.16. The van der Waals surface area contributed by atoms with Crippen LogP contribution in [0.25, 0.3) is 0 Å². The molecule has 1 aliphatic rings. The summed E-state index contributed by atoms with van der Waals surface area (Å²) in [7, 11) is 3.46. The summed E-state index contributed by atoms with van der Waals surface area (Å²) in [5, 5.41) is 0. The summed E-state index contributed by atoms with van der Waals surface area (Å²) in [6.07, 6.45) is 0.920. The Morgan fingerprint density at radius 3 is 2.36 bits per heavy atom. The standard InChI is InChI=1S/C10H18N2O2/c1-7-5-6-12(8(2)13)9(7)10(14)11(3)4/h7,9H,5-6H2,1-4H3. The van der Waals surface area contributed by atoms with Gasteiger partial charge in [-0.05, 0) is 12.3 Å². The maximum atomic E-state index is 11.8. The Balaban J connectivity index is 2.81. The number of likely N-dealkylation sites (N-methyl/N-ethyl adjacent to an activating group) is 1. The van der Waals surface area contributed by atoms with Crippen LogP contribution in [0.2, 0.25) is 0 Å². The molecule has 1 heterocycles. The molecule has 2 unspecified atom stereocenters. The number of hydrogen-bond acceptors (Lipinski definition) is 2. The molecule has 2 amide bonds. The second-order valence-corrected chi connectivity index (χ2v) is 4.16. The molecule has 2 atom stereocenters. The molecule has 0 aromatic heterocycles. The predicted octanol–water partition coefficient (Wildman–Crippen LogP) is 0.331. The van der Waals surface area contributed by atoms with Gasteiger partial charge in [0.05, 0.1) is 0 Å². The van der Waals surface area contributed by atoms with Crippen molar-refractivity contribution in [3.63, 3.8) is 0 Å². The molecular formula is C10H18N2O2. The average Bonchev–Trinajstić information content (AvgIpc) is 2.45. The Morgan fingerprint density at radius 1 is 1.36 bits per heavy atom. The van der Waals surface area contributed by atoms with Gasteiger partial charge in [-0.2, -0.15) is 0 Å². The normalized spacial score (nSPS) is 26.4. The lowest BCUT2D eigenvalue weighted by molar-refractivity contribution is -0.142. The van der Waals surface area contributed by atoms with Gasteiger partial charge in [0.15, 0.2) is 0 Å². The van der Waals surface area contributed by atoms with Crippen molar-refractivity contribution in [2.75, 3.05) is 20.6 Å². The SMILES string of the molecule is CC(=O)N1CCC(C)C1C(=O)N(C)C. The lowest BCUT2D eigenvalue weighted by Crippen LogP contribution is -2.46. The van der Waals surface area contributed by atoms with Crippen molar-refractivity contribution >= 4 is 11.8 Å². The summed E-state index contributed by atoms with van der Waals surface area (Å²) >= 11 is 0. The summed E-state index contributed by atoms with van der Waals surface area (Å²) in [4.78, 5) is 26.3. The van der Waals surface area contributed by atoms with E-state index in [0.717, 1.165) is 6.42 Å². The quantitative estimate of drug-likeness (QED) is 0.609. The second kappa shape index (κ2) is 3.98. The van der Waals surface area contributed by atoms with Crippen molar-refractivity contribution in [3.8, 4) is 0 Å². The molecule has 0 aromatic carbocycles. The van der Waals surface area contributed by atoms with Crippen LogP contribution in [-0.4, -0.2) is 48.3 Å². The van der Waals surface area contributed by atoms with Crippen molar-refractivity contribution < 1.29 is 9.59 Å². The molecule has 80 valence electrons. The van der Waals surface area contributed by atoms with Crippen LogP contribution in [0.1, 0.15) is 20.3 Å². The summed E-state index contributed by atoms with van der Waals surface area (Å²) < 4.78 is 0. The molecular weight excluding hydrogens is 180 g/mol. The van der Waals surface area contributed by atoms with Gasteiger partial charge >= 0.3 is 0 Å². The number of likely N-dealkylation sites (tertiary alicyclic amines) is 1. The molecule has 4 heteroatoms. The van der Waals surface area contributed by atoms with E-state index in [-0.39, 0.29) is 23.8 Å². The van der Waals surface area contributed by atoms with Crippen LogP contribution in [0.5, 0.6) is 0 Å². The Hall–Kier alpha value is -1.06. The number of nitrogens with zero attached hydrogens (tertiary/aromatic N) is 2. The van der Waals surface area contributed by atoms with Crippen molar-refractivity contribution in [2.24, 2.45) is 5.92 Å². The van der Waals surface area contributed by atoms with Gasteiger partial charge in [-0.3, -0.25) is 9.59 Å². The number of carbonyl (C=O) groups excluding carboxylic acids is 2. The third-order valence-electron chi connectivity index (χ3n) is 2.80. The topological polar surface area (TPSA) is 40.6 Å². The predicted molar refractivity (Wildman–Crippen MR) is 53.7 cm³/mol. The lowest BCUT2D eigenvalue weighted by atomic mass is 10.0. The van der Waals surface area contributed by atoms with E-state index in [1.807, 2.05) is 6.92 Å². The molecule has 0 radical (unpaired) electrons. The third kappa shape index (κ3) is 1.89. The first kappa shape index (κ1) is 11.0. The molecule has 0 spiro atoms. The maximum absolute atomic E-state index is 11.8. The van der Waals surface area contributed by atoms with Crippen LogP contribution in [0, 0.1) is 5.92 Å². The first-order chi connectivity index (χ1) is 6.45. The van der Waals surface area contributed by atoms with Crippen LogP contribution in [-0.2, 0) is 9.59 Å². The number of amides is 2. The summed E-state index contributed by atoms with van der Waals surface area (Å²) in [5.74, 6) is 0.300. The minimum atomic E-state index is -0.248.